The molecule has 1 amide bonds. The van der Waals surface area contributed by atoms with Crippen molar-refractivity contribution < 1.29 is 14.7 Å². The summed E-state index contributed by atoms with van der Waals surface area (Å²) in [5.74, 6) is -0.911. The normalized spacial score (nSPS) is 16.5. The van der Waals surface area contributed by atoms with E-state index in [1.165, 1.54) is 0 Å². The number of carbonyl (C=O) groups is 2. The largest absolute Gasteiger partial charge is 0.480 e. The van der Waals surface area contributed by atoms with Gasteiger partial charge in [-0.05, 0) is 25.5 Å². The lowest BCUT2D eigenvalue weighted by atomic mass is 10.1. The summed E-state index contributed by atoms with van der Waals surface area (Å²) in [4.78, 5) is 26.9. The van der Waals surface area contributed by atoms with E-state index >= 15 is 0 Å². The first-order chi connectivity index (χ1) is 9.97. The van der Waals surface area contributed by atoms with Gasteiger partial charge >= 0.3 is 5.97 Å². The molecule has 0 aromatic heterocycles. The van der Waals surface area contributed by atoms with Crippen molar-refractivity contribution in [1.29, 1.82) is 0 Å². The number of rotatable bonds is 3. The quantitative estimate of drug-likeness (QED) is 0.805. The Morgan fingerprint density at radius 3 is 2.71 bits per heavy atom. The maximum atomic E-state index is 12.6. The highest BCUT2D eigenvalue weighted by Crippen LogP contribution is 2.17. The number of carbonyl (C=O) groups excluding carboxylic acids is 1. The molecule has 0 radical (unpaired) electrons. The Morgan fingerprint density at radius 2 is 2.00 bits per heavy atom. The Labute approximate surface area is 124 Å². The van der Waals surface area contributed by atoms with E-state index in [4.69, 9.17) is 10.8 Å². The molecule has 21 heavy (non-hydrogen) atoms. The number of amides is 1. The fourth-order valence-corrected chi connectivity index (χ4v) is 2.55. The van der Waals surface area contributed by atoms with Crippen LogP contribution in [0.25, 0.3) is 0 Å². The van der Waals surface area contributed by atoms with Gasteiger partial charge in [0.05, 0.1) is 12.1 Å². The number of nitrogens with two attached hydrogens (primary N) is 1. The molecule has 6 heteroatoms. The summed E-state index contributed by atoms with van der Waals surface area (Å²) in [6.07, 6.45) is 0.769. The third kappa shape index (κ3) is 3.95. The molecule has 0 saturated carbocycles. The molecule has 1 saturated heterocycles. The molecule has 2 rings (SSSR count). The molecule has 0 atom stereocenters. The van der Waals surface area contributed by atoms with Gasteiger partial charge in [-0.1, -0.05) is 11.6 Å². The first kappa shape index (κ1) is 15.3. The van der Waals surface area contributed by atoms with E-state index in [1.54, 1.807) is 17.0 Å². The van der Waals surface area contributed by atoms with Crippen LogP contribution < -0.4 is 5.73 Å². The lowest BCUT2D eigenvalue weighted by Gasteiger charge is -2.22. The van der Waals surface area contributed by atoms with Crippen LogP contribution in [0.3, 0.4) is 0 Å². The maximum absolute atomic E-state index is 12.6. The predicted octanol–water partition coefficient (Wildman–Crippen LogP) is 0.810. The summed E-state index contributed by atoms with van der Waals surface area (Å²) in [7, 11) is 0. The van der Waals surface area contributed by atoms with Gasteiger partial charge in [0.2, 0.25) is 0 Å². The van der Waals surface area contributed by atoms with Gasteiger partial charge < -0.3 is 15.7 Å². The van der Waals surface area contributed by atoms with Crippen LogP contribution in [0.2, 0.25) is 0 Å². The zero-order valence-electron chi connectivity index (χ0n) is 12.2. The Morgan fingerprint density at radius 1 is 1.24 bits per heavy atom. The fourth-order valence-electron chi connectivity index (χ4n) is 2.55. The number of carboxylic acids is 1. The smallest absolute Gasteiger partial charge is 0.317 e. The summed E-state index contributed by atoms with van der Waals surface area (Å²) in [5.41, 5.74) is 7.90. The van der Waals surface area contributed by atoms with Crippen LogP contribution in [-0.4, -0.2) is 59.5 Å². The van der Waals surface area contributed by atoms with Gasteiger partial charge in [0.15, 0.2) is 0 Å². The summed E-state index contributed by atoms with van der Waals surface area (Å²) >= 11 is 0. The zero-order valence-corrected chi connectivity index (χ0v) is 12.2. The number of carboxylic acid groups (broad SMARTS) is 1. The molecule has 0 bridgehead atoms. The van der Waals surface area contributed by atoms with E-state index in [1.807, 2.05) is 17.9 Å². The summed E-state index contributed by atoms with van der Waals surface area (Å²) in [6, 6.07) is 5.43. The van der Waals surface area contributed by atoms with Gasteiger partial charge in [0.1, 0.15) is 0 Å². The van der Waals surface area contributed by atoms with Gasteiger partial charge in [-0.3, -0.25) is 14.5 Å². The number of hydrogen-bond donors (Lipinski definition) is 2. The van der Waals surface area contributed by atoms with Crippen molar-refractivity contribution in [3.05, 3.63) is 29.3 Å². The Balaban J connectivity index is 2.06. The van der Waals surface area contributed by atoms with E-state index in [0.717, 1.165) is 12.0 Å². The highest BCUT2D eigenvalue weighted by Gasteiger charge is 2.22. The molecular formula is C15H21N3O3. The molecule has 0 unspecified atom stereocenters. The maximum Gasteiger partial charge on any atom is 0.317 e. The number of benzene rings is 1. The number of nitrogens with zero attached hydrogens (tertiary/aromatic N) is 2. The molecule has 0 spiro atoms. The molecule has 1 aliphatic heterocycles. The Kier molecular flexibility index (Phi) is 4.80. The second-order valence-electron chi connectivity index (χ2n) is 5.41. The van der Waals surface area contributed by atoms with Gasteiger partial charge in [-0.2, -0.15) is 0 Å². The van der Waals surface area contributed by atoms with Crippen LogP contribution in [0.5, 0.6) is 0 Å². The van der Waals surface area contributed by atoms with Gasteiger partial charge in [0, 0.05) is 31.9 Å². The first-order valence-electron chi connectivity index (χ1n) is 7.07. The van der Waals surface area contributed by atoms with Crippen molar-refractivity contribution in [3.8, 4) is 0 Å². The minimum Gasteiger partial charge on any atom is -0.480 e. The third-order valence-electron chi connectivity index (χ3n) is 3.67. The number of aliphatic carboxylic acids is 1. The van der Waals surface area contributed by atoms with Crippen molar-refractivity contribution in [3.63, 3.8) is 0 Å². The SMILES string of the molecule is Cc1ccc(N)c(C(=O)N2CCCN(CC(=O)O)CC2)c1. The first-order valence-corrected chi connectivity index (χ1v) is 7.07. The molecular weight excluding hydrogens is 270 g/mol. The molecule has 1 fully saturated rings. The lowest BCUT2D eigenvalue weighted by Crippen LogP contribution is -2.37. The average molecular weight is 291 g/mol. The molecule has 3 N–H and O–H groups in total. The predicted molar refractivity (Wildman–Crippen MR) is 80.2 cm³/mol. The van der Waals surface area contributed by atoms with Gasteiger partial charge in [-0.25, -0.2) is 0 Å². The van der Waals surface area contributed by atoms with E-state index < -0.39 is 5.97 Å². The number of nitrogen functional groups attached to an aromatic ring is 1. The lowest BCUT2D eigenvalue weighted by molar-refractivity contribution is -0.138. The summed E-state index contributed by atoms with van der Waals surface area (Å²) in [6.45, 7) is 4.37. The number of aryl methyl sites for hydroxylation is 1. The van der Waals surface area contributed by atoms with Crippen LogP contribution >= 0.6 is 0 Å². The molecule has 1 aliphatic rings. The molecule has 114 valence electrons. The van der Waals surface area contributed by atoms with Crippen LogP contribution in [0.15, 0.2) is 18.2 Å². The van der Waals surface area contributed by atoms with Crippen molar-refractivity contribution >= 4 is 17.6 Å². The molecule has 1 heterocycles. The minimum absolute atomic E-state index is 0.0224. The van der Waals surface area contributed by atoms with Crippen molar-refractivity contribution in [2.75, 3.05) is 38.5 Å². The second kappa shape index (κ2) is 6.58. The van der Waals surface area contributed by atoms with E-state index in [0.29, 0.717) is 37.4 Å². The minimum atomic E-state index is -0.835. The summed E-state index contributed by atoms with van der Waals surface area (Å²) < 4.78 is 0. The Bertz CT molecular complexity index is 545. The highest BCUT2D eigenvalue weighted by atomic mass is 16.4. The van der Waals surface area contributed by atoms with Crippen molar-refractivity contribution in [1.82, 2.24) is 9.80 Å². The van der Waals surface area contributed by atoms with Crippen LogP contribution in [0, 0.1) is 6.92 Å². The monoisotopic (exact) mass is 291 g/mol. The zero-order chi connectivity index (χ0) is 15.4. The van der Waals surface area contributed by atoms with Crippen LogP contribution in [0.1, 0.15) is 22.3 Å². The standard InChI is InChI=1S/C15H21N3O3/c1-11-3-4-13(16)12(9-11)15(21)18-6-2-5-17(7-8-18)10-14(19)20/h3-4,9H,2,5-8,10,16H2,1H3,(H,19,20). The van der Waals surface area contributed by atoms with Gasteiger partial charge in [-0.15, -0.1) is 0 Å². The van der Waals surface area contributed by atoms with E-state index in [-0.39, 0.29) is 12.5 Å². The van der Waals surface area contributed by atoms with E-state index in [2.05, 4.69) is 0 Å². The van der Waals surface area contributed by atoms with E-state index in [9.17, 15) is 9.59 Å². The number of anilines is 1. The van der Waals surface area contributed by atoms with Crippen molar-refractivity contribution in [2.45, 2.75) is 13.3 Å². The van der Waals surface area contributed by atoms with Crippen LogP contribution in [0.4, 0.5) is 5.69 Å². The Hall–Kier alpha value is -2.08. The fraction of sp³-hybridized carbons (Fsp3) is 0.467. The number of hydrogen-bond acceptors (Lipinski definition) is 4. The molecule has 0 aliphatic carbocycles. The molecule has 1 aromatic carbocycles. The topological polar surface area (TPSA) is 86.9 Å². The molecule has 6 nitrogen and oxygen atoms in total. The average Bonchev–Trinajstić information content (AvgIpc) is 2.66. The van der Waals surface area contributed by atoms with Crippen LogP contribution in [-0.2, 0) is 4.79 Å². The third-order valence-corrected chi connectivity index (χ3v) is 3.67. The second-order valence-corrected chi connectivity index (χ2v) is 5.41. The summed E-state index contributed by atoms with van der Waals surface area (Å²) in [5, 5.41) is 8.84. The van der Waals surface area contributed by atoms with Gasteiger partial charge in [0.25, 0.3) is 5.91 Å². The highest BCUT2D eigenvalue weighted by molar-refractivity contribution is 5.99. The van der Waals surface area contributed by atoms with Crippen molar-refractivity contribution in [2.24, 2.45) is 0 Å². The molecule has 1 aromatic rings.